The zero-order valence-corrected chi connectivity index (χ0v) is 19.0. The fourth-order valence-electron chi connectivity index (χ4n) is 5.31. The number of hydrogen-bond acceptors (Lipinski definition) is 2. The molecule has 1 aromatic heterocycles. The Bertz CT molecular complexity index is 1080. The van der Waals surface area contributed by atoms with Crippen molar-refractivity contribution in [3.05, 3.63) is 94.6 Å². The molecule has 2 aromatic carbocycles. The number of halogens is 1. The van der Waals surface area contributed by atoms with Gasteiger partial charge in [0.25, 0.3) is 0 Å². The first-order chi connectivity index (χ1) is 14.7. The van der Waals surface area contributed by atoms with Crippen LogP contribution in [0.15, 0.2) is 66.4 Å². The maximum absolute atomic E-state index is 13.9. The van der Waals surface area contributed by atoms with Crippen molar-refractivity contribution < 1.29 is 9.13 Å². The normalized spacial score (nSPS) is 20.6. The van der Waals surface area contributed by atoms with Gasteiger partial charge < -0.3 is 4.74 Å². The van der Waals surface area contributed by atoms with Gasteiger partial charge in [0.1, 0.15) is 11.4 Å². The topological polar surface area (TPSA) is 37.9 Å². The minimum atomic E-state index is -0.671. The van der Waals surface area contributed by atoms with Gasteiger partial charge in [-0.05, 0) is 60.1 Å². The molecule has 1 aliphatic rings. The summed E-state index contributed by atoms with van der Waals surface area (Å²) in [6.07, 6.45) is 5.61. The summed E-state index contributed by atoms with van der Waals surface area (Å²) in [6, 6.07) is 17.4. The molecule has 0 fully saturated rings. The van der Waals surface area contributed by atoms with Gasteiger partial charge >= 0.3 is 0 Å². The van der Waals surface area contributed by atoms with Crippen LogP contribution >= 0.6 is 0 Å². The predicted molar refractivity (Wildman–Crippen MR) is 123 cm³/mol. The molecular weight excluding hydrogens is 387 g/mol. The highest BCUT2D eigenvalue weighted by molar-refractivity contribution is 5.59. The first kappa shape index (κ1) is 21.5. The van der Waals surface area contributed by atoms with E-state index in [0.717, 1.165) is 24.1 Å². The van der Waals surface area contributed by atoms with Crippen LogP contribution in [-0.2, 0) is 22.2 Å². The quantitative estimate of drug-likeness (QED) is 0.501. The first-order valence-corrected chi connectivity index (χ1v) is 10.8. The molecule has 0 aliphatic heterocycles. The summed E-state index contributed by atoms with van der Waals surface area (Å²) in [7, 11) is 1.79. The molecule has 162 valence electrons. The van der Waals surface area contributed by atoms with Gasteiger partial charge in [-0.15, -0.1) is 0 Å². The van der Waals surface area contributed by atoms with E-state index in [0.29, 0.717) is 0 Å². The van der Waals surface area contributed by atoms with Gasteiger partial charge in [0.15, 0.2) is 0 Å². The Balaban J connectivity index is 1.90. The number of hydrogen-bond donors (Lipinski definition) is 1. The zero-order valence-electron chi connectivity index (χ0n) is 19.0. The highest BCUT2D eigenvalue weighted by atomic mass is 19.1. The van der Waals surface area contributed by atoms with Crippen LogP contribution in [0, 0.1) is 11.2 Å². The second kappa shape index (κ2) is 7.76. The third-order valence-electron chi connectivity index (χ3n) is 7.32. The second-order valence-corrected chi connectivity index (χ2v) is 9.61. The molecule has 0 saturated heterocycles. The number of nitrogens with zero attached hydrogens (tertiary/aromatic N) is 1. The van der Waals surface area contributed by atoms with E-state index in [2.05, 4.69) is 68.2 Å². The summed E-state index contributed by atoms with van der Waals surface area (Å²) < 4.78 is 20.4. The molecule has 1 N–H and O–H groups in total. The van der Waals surface area contributed by atoms with Crippen molar-refractivity contribution in [1.29, 1.82) is 0 Å². The molecule has 1 unspecified atom stereocenters. The molecule has 3 nitrogen and oxygen atoms in total. The van der Waals surface area contributed by atoms with Gasteiger partial charge in [0, 0.05) is 12.5 Å². The average molecular weight is 419 g/mol. The van der Waals surface area contributed by atoms with E-state index in [4.69, 9.17) is 4.74 Å². The molecule has 0 radical (unpaired) electrons. The lowest BCUT2D eigenvalue weighted by Gasteiger charge is -2.53. The number of H-pyrrole nitrogens is 1. The number of benzene rings is 2. The van der Waals surface area contributed by atoms with Gasteiger partial charge in [0.05, 0.1) is 11.9 Å². The summed E-state index contributed by atoms with van der Waals surface area (Å²) in [4.78, 5) is 0. The fourth-order valence-corrected chi connectivity index (χ4v) is 5.31. The number of rotatable bonds is 6. The van der Waals surface area contributed by atoms with E-state index in [1.165, 1.54) is 28.8 Å². The molecule has 4 heteroatoms. The second-order valence-electron chi connectivity index (χ2n) is 9.61. The van der Waals surface area contributed by atoms with Crippen molar-refractivity contribution >= 4 is 6.08 Å². The van der Waals surface area contributed by atoms with Gasteiger partial charge in [-0.25, -0.2) is 4.39 Å². The van der Waals surface area contributed by atoms with Gasteiger partial charge in [0.2, 0.25) is 0 Å². The smallest absolute Gasteiger partial charge is 0.123 e. The molecule has 0 spiro atoms. The third kappa shape index (κ3) is 3.53. The van der Waals surface area contributed by atoms with Gasteiger partial charge in [-0.1, -0.05) is 68.8 Å². The lowest BCUT2D eigenvalue weighted by molar-refractivity contribution is -0.115. The van der Waals surface area contributed by atoms with Gasteiger partial charge in [-0.2, -0.15) is 5.10 Å². The summed E-state index contributed by atoms with van der Waals surface area (Å²) in [5.41, 5.74) is 4.50. The lowest BCUT2D eigenvalue weighted by atomic mass is 9.56. The number of aromatic nitrogens is 2. The number of nitrogens with one attached hydrogen (secondary N) is 1. The molecule has 1 aliphatic carbocycles. The maximum Gasteiger partial charge on any atom is 0.123 e. The molecule has 2 atom stereocenters. The summed E-state index contributed by atoms with van der Waals surface area (Å²) in [5.74, 6) is -0.241. The van der Waals surface area contributed by atoms with Crippen molar-refractivity contribution in [3.63, 3.8) is 0 Å². The maximum atomic E-state index is 13.9. The first-order valence-electron chi connectivity index (χ1n) is 10.8. The van der Waals surface area contributed by atoms with Crippen molar-refractivity contribution in [2.45, 2.75) is 51.6 Å². The Hall–Kier alpha value is -2.72. The Kier molecular flexibility index (Phi) is 5.38. The van der Waals surface area contributed by atoms with Crippen molar-refractivity contribution in [1.82, 2.24) is 10.2 Å². The van der Waals surface area contributed by atoms with Crippen LogP contribution < -0.4 is 0 Å². The van der Waals surface area contributed by atoms with Crippen LogP contribution in [0.25, 0.3) is 6.08 Å². The van der Waals surface area contributed by atoms with E-state index < -0.39 is 5.60 Å². The van der Waals surface area contributed by atoms with Crippen molar-refractivity contribution in [3.8, 4) is 0 Å². The van der Waals surface area contributed by atoms with E-state index in [9.17, 15) is 4.39 Å². The van der Waals surface area contributed by atoms with Gasteiger partial charge in [-0.3, -0.25) is 5.10 Å². The predicted octanol–water partition coefficient (Wildman–Crippen LogP) is 6.42. The number of aromatic amines is 1. The Morgan fingerprint density at radius 2 is 1.74 bits per heavy atom. The molecule has 0 amide bonds. The minimum absolute atomic E-state index is 0.175. The molecule has 31 heavy (non-hydrogen) atoms. The molecule has 0 saturated carbocycles. The highest BCUT2D eigenvalue weighted by Gasteiger charge is 2.54. The summed E-state index contributed by atoms with van der Waals surface area (Å²) in [6.45, 7) is 8.95. The monoisotopic (exact) mass is 418 g/mol. The van der Waals surface area contributed by atoms with Crippen LogP contribution in [0.2, 0.25) is 0 Å². The standard InChI is InChI=1S/C27H31FN2O/c1-19-15-24-20(17-29-30-24)16-26(19,4)27(31-5,22-11-13-23(28)14-12-22)18-25(2,3)21-9-7-6-8-10-21/h6-15,17H,16,18H2,1-5H3,(H,29,30)/t26?,27-/m0/s1. The lowest BCUT2D eigenvalue weighted by Crippen LogP contribution is -2.51. The Morgan fingerprint density at radius 3 is 2.39 bits per heavy atom. The average Bonchev–Trinajstić information content (AvgIpc) is 3.20. The Morgan fingerprint density at radius 1 is 1.06 bits per heavy atom. The van der Waals surface area contributed by atoms with E-state index >= 15 is 0 Å². The summed E-state index contributed by atoms with van der Waals surface area (Å²) >= 11 is 0. The minimum Gasteiger partial charge on any atom is -0.373 e. The van der Waals surface area contributed by atoms with Crippen LogP contribution in [0.3, 0.4) is 0 Å². The number of fused-ring (bicyclic) bond motifs is 1. The van der Waals surface area contributed by atoms with E-state index in [-0.39, 0.29) is 16.6 Å². The number of methoxy groups -OCH3 is 1. The highest BCUT2D eigenvalue weighted by Crippen LogP contribution is 2.57. The van der Waals surface area contributed by atoms with Crippen LogP contribution in [-0.4, -0.2) is 17.3 Å². The third-order valence-corrected chi connectivity index (χ3v) is 7.32. The van der Waals surface area contributed by atoms with Crippen LogP contribution in [0.1, 0.15) is 56.5 Å². The summed E-state index contributed by atoms with van der Waals surface area (Å²) in [5, 5.41) is 7.36. The van der Waals surface area contributed by atoms with Crippen LogP contribution in [0.4, 0.5) is 4.39 Å². The van der Waals surface area contributed by atoms with Crippen molar-refractivity contribution in [2.75, 3.05) is 7.11 Å². The number of ether oxygens (including phenoxy) is 1. The zero-order chi connectivity index (χ0) is 22.3. The Labute approximate surface area is 184 Å². The van der Waals surface area contributed by atoms with E-state index in [1.807, 2.05) is 24.4 Å². The van der Waals surface area contributed by atoms with Crippen molar-refractivity contribution in [2.24, 2.45) is 5.41 Å². The van der Waals surface area contributed by atoms with Crippen LogP contribution in [0.5, 0.6) is 0 Å². The molecule has 0 bridgehead atoms. The largest absolute Gasteiger partial charge is 0.373 e. The molecule has 3 aromatic rings. The molecular formula is C27H31FN2O. The molecule has 1 heterocycles. The fraction of sp³-hybridized carbons (Fsp3) is 0.370. The van der Waals surface area contributed by atoms with E-state index in [1.54, 1.807) is 7.11 Å². The molecule has 4 rings (SSSR count). The SMILES string of the molecule is CO[C@@](CC(C)(C)c1ccccc1)(c1ccc(F)cc1)C1(C)Cc2cn[nH]c2C=C1C.